The second-order valence-electron chi connectivity index (χ2n) is 8.30. The number of unbranched alkanes of at least 4 members (excludes halogenated alkanes) is 6. The number of nitrogens with one attached hydrogen (secondary N) is 1. The first-order chi connectivity index (χ1) is 16.9. The van der Waals surface area contributed by atoms with E-state index in [0.717, 1.165) is 44.9 Å². The number of rotatable bonds is 20. The second-order valence-corrected chi connectivity index (χ2v) is 8.30. The molecule has 0 aromatic rings. The number of nitrogens with zero attached hydrogens (tertiary/aromatic N) is 1. The van der Waals surface area contributed by atoms with E-state index in [0.29, 0.717) is 6.42 Å². The van der Waals surface area contributed by atoms with Gasteiger partial charge in [0.2, 0.25) is 5.91 Å². The van der Waals surface area contributed by atoms with Gasteiger partial charge in [-0.2, -0.15) is 0 Å². The van der Waals surface area contributed by atoms with Gasteiger partial charge in [-0.05, 0) is 44.4 Å². The minimum absolute atomic E-state index is 0. The van der Waals surface area contributed by atoms with Crippen LogP contribution in [0.25, 0.3) is 0 Å². The minimum Gasteiger partial charge on any atom is -0.862 e. The van der Waals surface area contributed by atoms with Gasteiger partial charge in [-0.3, -0.25) is 14.6 Å². The Labute approximate surface area is 247 Å². The van der Waals surface area contributed by atoms with Crippen LogP contribution in [0, 0.1) is 0 Å². The Balaban J connectivity index is -0.000000608. The molecule has 0 radical (unpaired) electrons. The third-order valence-electron chi connectivity index (χ3n) is 4.99. The average Bonchev–Trinajstić information content (AvgIpc) is 2.79. The molecular formula is C24H40CaN2O10. The van der Waals surface area contributed by atoms with Crippen LogP contribution in [0.3, 0.4) is 0 Å². The number of hydrogen-bond donors (Lipinski definition) is 4. The van der Waals surface area contributed by atoms with Crippen molar-refractivity contribution in [3.05, 3.63) is 0 Å². The predicted molar refractivity (Wildman–Crippen MR) is 133 cm³/mol. The van der Waals surface area contributed by atoms with Gasteiger partial charge in [0.1, 0.15) is 12.1 Å². The molecule has 2 atom stereocenters. The fourth-order valence-corrected chi connectivity index (χ4v) is 2.94. The third-order valence-corrected chi connectivity index (χ3v) is 4.99. The average molecular weight is 557 g/mol. The number of carbonyl (C=O) groups is 5. The Morgan fingerprint density at radius 1 is 0.730 bits per heavy atom. The van der Waals surface area contributed by atoms with Crippen molar-refractivity contribution in [3.8, 4) is 0 Å². The number of carboxylic acids is 4. The third kappa shape index (κ3) is 26.9. The maximum Gasteiger partial charge on any atom is 2.00 e. The monoisotopic (exact) mass is 556 g/mol. The van der Waals surface area contributed by atoms with Crippen LogP contribution in [0.4, 0.5) is 0 Å². The second kappa shape index (κ2) is 25.7. The van der Waals surface area contributed by atoms with Crippen molar-refractivity contribution < 1.29 is 49.5 Å². The summed E-state index contributed by atoms with van der Waals surface area (Å²) in [7, 11) is 0. The summed E-state index contributed by atoms with van der Waals surface area (Å²) in [5, 5.41) is 50.0. The van der Waals surface area contributed by atoms with Crippen molar-refractivity contribution in [1.29, 1.82) is 0 Å². The summed E-state index contributed by atoms with van der Waals surface area (Å²) in [4.78, 5) is 57.1. The van der Waals surface area contributed by atoms with Crippen LogP contribution in [0.5, 0.6) is 0 Å². The summed E-state index contributed by atoms with van der Waals surface area (Å²) in [6.07, 6.45) is 6.98. The predicted octanol–water partition coefficient (Wildman–Crippen LogP) is 0.709. The number of aliphatic imine (C=N–C) groups is 1. The molecule has 37 heavy (non-hydrogen) atoms. The summed E-state index contributed by atoms with van der Waals surface area (Å²) < 4.78 is 0. The zero-order valence-electron chi connectivity index (χ0n) is 21.9. The fraction of sp³-hybridized carbons (Fsp3) is 0.750. The Morgan fingerprint density at radius 3 is 1.70 bits per heavy atom. The van der Waals surface area contributed by atoms with Gasteiger partial charge < -0.3 is 35.6 Å². The molecule has 0 fully saturated rings. The maximum atomic E-state index is 11.4. The quantitative estimate of drug-likeness (QED) is 0.0712. The Kier molecular flexibility index (Phi) is 27.5. The molecule has 0 aromatic carbocycles. The largest absolute Gasteiger partial charge is 2.00 e. The summed E-state index contributed by atoms with van der Waals surface area (Å²) in [6.45, 7) is 4.11. The minimum atomic E-state index is -1.34. The summed E-state index contributed by atoms with van der Waals surface area (Å²) in [6, 6.07) is -2.39. The molecule has 0 heterocycles. The van der Waals surface area contributed by atoms with E-state index < -0.39 is 48.3 Å². The Morgan fingerprint density at radius 2 is 1.27 bits per heavy atom. The molecule has 0 aromatic heterocycles. The van der Waals surface area contributed by atoms with Gasteiger partial charge in [0, 0.05) is 18.8 Å². The molecule has 0 rings (SSSR count). The van der Waals surface area contributed by atoms with E-state index in [2.05, 4.69) is 17.2 Å². The van der Waals surface area contributed by atoms with Crippen LogP contribution in [0.1, 0.15) is 104 Å². The molecule has 12 nitrogen and oxygen atoms in total. The van der Waals surface area contributed by atoms with Crippen molar-refractivity contribution in [1.82, 2.24) is 5.32 Å². The van der Waals surface area contributed by atoms with Gasteiger partial charge >= 0.3 is 55.6 Å². The van der Waals surface area contributed by atoms with Gasteiger partial charge in [-0.15, -0.1) is 0 Å². The normalized spacial score (nSPS) is 12.2. The standard InChI is InChI=1S/2C12H21NO5.Ca/c2*1-2-3-4-5-6-10(14)13-9(12(17)18)7-8-11(15)16;/h2*9H,2-8H2,1H3,(H,13,14)(H,15,16)(H,17,18);/q;;+2/p-2/t2*9-;/m00./s1. The first-order valence-electron chi connectivity index (χ1n) is 12.3. The van der Waals surface area contributed by atoms with Gasteiger partial charge in [-0.25, -0.2) is 9.59 Å². The van der Waals surface area contributed by atoms with Gasteiger partial charge in [0.05, 0.1) is 0 Å². The summed E-state index contributed by atoms with van der Waals surface area (Å²) in [5.41, 5.74) is 0. The smallest absolute Gasteiger partial charge is 0.862 e. The molecule has 1 amide bonds. The van der Waals surface area contributed by atoms with Crippen LogP contribution in [0.2, 0.25) is 0 Å². The molecule has 0 saturated heterocycles. The van der Waals surface area contributed by atoms with Gasteiger partial charge in [-0.1, -0.05) is 52.4 Å². The number of hydrogen-bond acceptors (Lipinski definition) is 8. The molecule has 0 aliphatic heterocycles. The zero-order valence-corrected chi connectivity index (χ0v) is 24.1. The van der Waals surface area contributed by atoms with Gasteiger partial charge in [0.25, 0.3) is 0 Å². The van der Waals surface area contributed by atoms with Crippen molar-refractivity contribution in [2.45, 2.75) is 116 Å². The van der Waals surface area contributed by atoms with Crippen LogP contribution in [-0.4, -0.2) is 101 Å². The van der Waals surface area contributed by atoms with Crippen molar-refractivity contribution in [2.24, 2.45) is 4.99 Å². The summed E-state index contributed by atoms with van der Waals surface area (Å²) in [5.74, 6) is -5.69. The SMILES string of the molecule is CCCCCCC(=O)N[C@@H](CCC(=O)O)C(=O)O.CCCCCCC([O-])=N[C@@H](CCC(=O)[O-])C(=O)O.[Ca+2]. The van der Waals surface area contributed by atoms with Crippen molar-refractivity contribution in [2.75, 3.05) is 0 Å². The molecule has 13 heteroatoms. The molecule has 0 aliphatic carbocycles. The van der Waals surface area contributed by atoms with Crippen molar-refractivity contribution >= 4 is 73.4 Å². The Hall–Kier alpha value is -1.92. The molecule has 0 spiro atoms. The number of carbonyl (C=O) groups excluding carboxylic acids is 2. The number of carboxylic acid groups (broad SMARTS) is 4. The topological polar surface area (TPSA) is 217 Å². The van der Waals surface area contributed by atoms with Crippen LogP contribution >= 0.6 is 0 Å². The van der Waals surface area contributed by atoms with E-state index in [4.69, 9.17) is 15.3 Å². The van der Waals surface area contributed by atoms with E-state index >= 15 is 0 Å². The molecule has 4 N–H and O–H groups in total. The first-order valence-corrected chi connectivity index (χ1v) is 12.3. The molecular weight excluding hydrogens is 516 g/mol. The van der Waals surface area contributed by atoms with Gasteiger partial charge in [0.15, 0.2) is 0 Å². The van der Waals surface area contributed by atoms with E-state index in [1.54, 1.807) is 0 Å². The van der Waals surface area contributed by atoms with Crippen LogP contribution in [0.15, 0.2) is 4.99 Å². The number of amides is 1. The van der Waals surface area contributed by atoms with Crippen molar-refractivity contribution in [3.63, 3.8) is 0 Å². The van der Waals surface area contributed by atoms with Crippen LogP contribution < -0.4 is 15.5 Å². The Bertz CT molecular complexity index is 716. The molecule has 0 unspecified atom stereocenters. The van der Waals surface area contributed by atoms with E-state index in [9.17, 15) is 34.2 Å². The maximum absolute atomic E-state index is 11.4. The van der Waals surface area contributed by atoms with E-state index in [1.807, 2.05) is 6.92 Å². The molecule has 0 saturated carbocycles. The fourth-order valence-electron chi connectivity index (χ4n) is 2.94. The first kappa shape index (κ1) is 39.6. The summed E-state index contributed by atoms with van der Waals surface area (Å²) >= 11 is 0. The number of aliphatic carboxylic acids is 4. The van der Waals surface area contributed by atoms with E-state index in [1.165, 1.54) is 0 Å². The zero-order chi connectivity index (χ0) is 27.9. The molecule has 208 valence electrons. The molecule has 0 aliphatic rings. The van der Waals surface area contributed by atoms with E-state index in [-0.39, 0.29) is 75.7 Å². The van der Waals surface area contributed by atoms with Crippen LogP contribution in [-0.2, 0) is 24.0 Å². The molecule has 0 bridgehead atoms.